The van der Waals surface area contributed by atoms with Crippen LogP contribution in [0.1, 0.15) is 0 Å². The highest BCUT2D eigenvalue weighted by Crippen LogP contribution is 2.20. The van der Waals surface area contributed by atoms with E-state index in [1.54, 1.807) is 0 Å². The summed E-state index contributed by atoms with van der Waals surface area (Å²) in [6.45, 7) is -0.250. The maximum atomic E-state index is 12.7. The number of hydrogen-bond acceptors (Lipinski definition) is 4. The average molecular weight is 216 g/mol. The largest absolute Gasteiger partial charge is 0.483 e. The lowest BCUT2D eigenvalue weighted by atomic mass is 10.3. The maximum Gasteiger partial charge on any atom is 0.290 e. The molecule has 0 bridgehead atoms. The lowest BCUT2D eigenvalue weighted by Crippen LogP contribution is -1.94. The number of rotatable bonds is 2. The van der Waals surface area contributed by atoms with Crippen molar-refractivity contribution in [2.45, 2.75) is 0 Å². The Kier molecular flexibility index (Phi) is 5.38. The SMILES string of the molecule is CNc1cc([N+](=O)[O-])ccc1F.O=CO. The van der Waals surface area contributed by atoms with E-state index in [2.05, 4.69) is 5.32 Å². The van der Waals surface area contributed by atoms with Gasteiger partial charge in [-0.25, -0.2) is 4.39 Å². The second kappa shape index (κ2) is 6.30. The van der Waals surface area contributed by atoms with Crippen molar-refractivity contribution in [3.05, 3.63) is 34.1 Å². The van der Waals surface area contributed by atoms with Crippen LogP contribution in [0.3, 0.4) is 0 Å². The van der Waals surface area contributed by atoms with Gasteiger partial charge >= 0.3 is 0 Å². The summed E-state index contributed by atoms with van der Waals surface area (Å²) in [5, 5.41) is 19.6. The van der Waals surface area contributed by atoms with Crippen LogP contribution in [-0.2, 0) is 4.79 Å². The van der Waals surface area contributed by atoms with E-state index < -0.39 is 10.7 Å². The zero-order valence-corrected chi connectivity index (χ0v) is 7.81. The molecule has 0 amide bonds. The van der Waals surface area contributed by atoms with Gasteiger partial charge in [0.2, 0.25) is 0 Å². The molecule has 0 aromatic heterocycles. The quantitative estimate of drug-likeness (QED) is 0.443. The van der Waals surface area contributed by atoms with E-state index in [9.17, 15) is 14.5 Å². The van der Waals surface area contributed by atoms with Gasteiger partial charge in [-0.2, -0.15) is 0 Å². The molecule has 0 spiro atoms. The molecule has 0 aliphatic heterocycles. The summed E-state index contributed by atoms with van der Waals surface area (Å²) in [7, 11) is 1.50. The van der Waals surface area contributed by atoms with E-state index in [0.29, 0.717) is 0 Å². The molecule has 0 heterocycles. The molecule has 1 rings (SSSR count). The summed E-state index contributed by atoms with van der Waals surface area (Å²) < 4.78 is 12.7. The molecule has 0 fully saturated rings. The first-order chi connectivity index (χ1) is 7.06. The van der Waals surface area contributed by atoms with Gasteiger partial charge in [0.1, 0.15) is 5.82 Å². The van der Waals surface area contributed by atoms with E-state index in [4.69, 9.17) is 9.90 Å². The molecule has 2 N–H and O–H groups in total. The summed E-state index contributed by atoms with van der Waals surface area (Å²) >= 11 is 0. The number of nitro groups is 1. The summed E-state index contributed by atoms with van der Waals surface area (Å²) in [4.78, 5) is 18.0. The first kappa shape index (κ1) is 12.8. The van der Waals surface area contributed by atoms with Gasteiger partial charge in [0.15, 0.2) is 0 Å². The number of hydrogen-bond donors (Lipinski definition) is 2. The number of carboxylic acid groups (broad SMARTS) is 1. The third-order valence-electron chi connectivity index (χ3n) is 1.43. The van der Waals surface area contributed by atoms with Gasteiger partial charge < -0.3 is 10.4 Å². The second-order valence-electron chi connectivity index (χ2n) is 2.28. The Labute approximate surface area is 84.5 Å². The zero-order chi connectivity index (χ0) is 11.8. The molecule has 0 aliphatic carbocycles. The van der Waals surface area contributed by atoms with Gasteiger partial charge in [0.25, 0.3) is 12.2 Å². The molecule has 0 saturated heterocycles. The fraction of sp³-hybridized carbons (Fsp3) is 0.125. The lowest BCUT2D eigenvalue weighted by Gasteiger charge is -2.00. The lowest BCUT2D eigenvalue weighted by molar-refractivity contribution is -0.384. The molecule has 1 aromatic carbocycles. The maximum absolute atomic E-state index is 12.7. The highest BCUT2D eigenvalue weighted by atomic mass is 19.1. The number of anilines is 1. The fourth-order valence-electron chi connectivity index (χ4n) is 0.818. The van der Waals surface area contributed by atoms with E-state index in [0.717, 1.165) is 18.2 Å². The molecule has 0 radical (unpaired) electrons. The Morgan fingerprint density at radius 1 is 1.60 bits per heavy atom. The highest BCUT2D eigenvalue weighted by molar-refractivity contribution is 5.51. The van der Waals surface area contributed by atoms with Crippen molar-refractivity contribution >= 4 is 17.8 Å². The van der Waals surface area contributed by atoms with Gasteiger partial charge in [0.05, 0.1) is 10.6 Å². The predicted octanol–water partition coefficient (Wildman–Crippen LogP) is 1.48. The molecule has 82 valence electrons. The van der Waals surface area contributed by atoms with Crippen molar-refractivity contribution in [2.75, 3.05) is 12.4 Å². The molecule has 1 aromatic rings. The van der Waals surface area contributed by atoms with Crippen LogP contribution in [0.5, 0.6) is 0 Å². The standard InChI is InChI=1S/C7H7FN2O2.CH2O2/c1-9-7-4-5(10(11)12)2-3-6(7)8;2-1-3/h2-4,9H,1H3;1H,(H,2,3). The summed E-state index contributed by atoms with van der Waals surface area (Å²) in [5.74, 6) is -0.497. The van der Waals surface area contributed by atoms with Crippen LogP contribution in [-0.4, -0.2) is 23.5 Å². The van der Waals surface area contributed by atoms with Crippen LogP contribution in [0, 0.1) is 15.9 Å². The van der Waals surface area contributed by atoms with Crippen molar-refractivity contribution in [3.63, 3.8) is 0 Å². The van der Waals surface area contributed by atoms with Crippen LogP contribution in [0.4, 0.5) is 15.8 Å². The number of non-ortho nitro benzene ring substituents is 1. The summed E-state index contributed by atoms with van der Waals surface area (Å²) in [6, 6.07) is 3.33. The minimum Gasteiger partial charge on any atom is -0.483 e. The molecule has 0 aliphatic rings. The monoisotopic (exact) mass is 216 g/mol. The van der Waals surface area contributed by atoms with Crippen LogP contribution in [0.25, 0.3) is 0 Å². The Bertz CT molecular complexity index is 356. The van der Waals surface area contributed by atoms with Crippen LogP contribution >= 0.6 is 0 Å². The van der Waals surface area contributed by atoms with Crippen molar-refractivity contribution in [3.8, 4) is 0 Å². The van der Waals surface area contributed by atoms with Gasteiger partial charge in [-0.15, -0.1) is 0 Å². The zero-order valence-electron chi connectivity index (χ0n) is 7.81. The minimum atomic E-state index is -0.569. The Morgan fingerprint density at radius 3 is 2.53 bits per heavy atom. The molecule has 0 atom stereocenters. The molecule has 0 saturated carbocycles. The number of nitro benzene ring substituents is 1. The molecular weight excluding hydrogens is 207 g/mol. The Balaban J connectivity index is 0.000000583. The van der Waals surface area contributed by atoms with Gasteiger partial charge in [-0.1, -0.05) is 0 Å². The van der Waals surface area contributed by atoms with E-state index in [1.165, 1.54) is 7.05 Å². The van der Waals surface area contributed by atoms with Crippen molar-refractivity contribution in [2.24, 2.45) is 0 Å². The van der Waals surface area contributed by atoms with Crippen molar-refractivity contribution < 1.29 is 19.2 Å². The number of nitrogens with one attached hydrogen (secondary N) is 1. The number of benzene rings is 1. The number of carbonyl (C=O) groups is 1. The molecular formula is C8H9FN2O4. The smallest absolute Gasteiger partial charge is 0.290 e. The first-order valence-electron chi connectivity index (χ1n) is 3.76. The third-order valence-corrected chi connectivity index (χ3v) is 1.43. The third kappa shape index (κ3) is 4.03. The van der Waals surface area contributed by atoms with E-state index >= 15 is 0 Å². The van der Waals surface area contributed by atoms with Crippen molar-refractivity contribution in [1.29, 1.82) is 0 Å². The Hall–Kier alpha value is -2.18. The summed E-state index contributed by atoms with van der Waals surface area (Å²) in [6.07, 6.45) is 0. The van der Waals surface area contributed by atoms with Crippen LogP contribution in [0.15, 0.2) is 18.2 Å². The normalized spacial score (nSPS) is 8.40. The second-order valence-corrected chi connectivity index (χ2v) is 2.28. The van der Waals surface area contributed by atoms with Gasteiger partial charge in [0, 0.05) is 19.2 Å². The highest BCUT2D eigenvalue weighted by Gasteiger charge is 2.08. The van der Waals surface area contributed by atoms with E-state index in [-0.39, 0.29) is 17.8 Å². The van der Waals surface area contributed by atoms with Gasteiger partial charge in [-0.05, 0) is 6.07 Å². The summed E-state index contributed by atoms with van der Waals surface area (Å²) in [5.41, 5.74) is 0.00458. The topological polar surface area (TPSA) is 92.5 Å². The van der Waals surface area contributed by atoms with Gasteiger partial charge in [-0.3, -0.25) is 14.9 Å². The van der Waals surface area contributed by atoms with Crippen LogP contribution < -0.4 is 5.32 Å². The average Bonchev–Trinajstić information content (AvgIpc) is 2.19. The van der Waals surface area contributed by atoms with E-state index in [1.807, 2.05) is 0 Å². The first-order valence-corrected chi connectivity index (χ1v) is 3.76. The Morgan fingerprint density at radius 2 is 2.13 bits per heavy atom. The minimum absolute atomic E-state index is 0.124. The fourth-order valence-corrected chi connectivity index (χ4v) is 0.818. The van der Waals surface area contributed by atoms with Crippen LogP contribution in [0.2, 0.25) is 0 Å². The molecule has 7 heteroatoms. The number of nitrogens with zero attached hydrogens (tertiary/aromatic N) is 1. The molecule has 0 unspecified atom stereocenters. The van der Waals surface area contributed by atoms with Crippen molar-refractivity contribution in [1.82, 2.24) is 0 Å². The molecule has 15 heavy (non-hydrogen) atoms. The predicted molar refractivity (Wildman–Crippen MR) is 51.3 cm³/mol. The molecule has 6 nitrogen and oxygen atoms in total. The number of halogens is 1.